The van der Waals surface area contributed by atoms with Crippen LogP contribution in [0.2, 0.25) is 0 Å². The van der Waals surface area contributed by atoms with Crippen molar-refractivity contribution in [1.29, 1.82) is 0 Å². The maximum absolute atomic E-state index is 10.9. The summed E-state index contributed by atoms with van der Waals surface area (Å²) in [5, 5.41) is 16.0. The van der Waals surface area contributed by atoms with Gasteiger partial charge in [-0.3, -0.25) is 0 Å². The zero-order chi connectivity index (χ0) is 14.5. The second-order valence-corrected chi connectivity index (χ2v) is 5.88. The summed E-state index contributed by atoms with van der Waals surface area (Å²) < 4.78 is 0. The number of carboxylic acids is 1. The Labute approximate surface area is 120 Å². The number of hydrogen-bond donors (Lipinski definition) is 3. The fourth-order valence-corrected chi connectivity index (χ4v) is 2.88. The first kappa shape index (κ1) is 15.0. The third kappa shape index (κ3) is 3.81. The summed E-state index contributed by atoms with van der Waals surface area (Å²) in [6.07, 6.45) is 0.983. The Hall–Kier alpha value is -1.39. The molecule has 3 N–H and O–H groups in total. The van der Waals surface area contributed by atoms with Crippen molar-refractivity contribution in [2.45, 2.75) is 26.3 Å². The number of rotatable bonds is 5. The average Bonchev–Trinajstić information content (AvgIpc) is 2.46. The molecule has 1 fully saturated rings. The lowest BCUT2D eigenvalue weighted by Gasteiger charge is -2.34. The molecule has 0 bridgehead atoms. The predicted molar refractivity (Wildman–Crippen MR) is 80.1 cm³/mol. The molecule has 1 unspecified atom stereocenters. The van der Waals surface area contributed by atoms with Crippen LogP contribution in [-0.4, -0.2) is 36.8 Å². The molecule has 0 aromatic heterocycles. The molecule has 0 spiro atoms. The molecule has 0 aliphatic carbocycles. The van der Waals surface area contributed by atoms with Crippen molar-refractivity contribution in [3.8, 4) is 0 Å². The SMILES string of the molecule is CC(C)[C@H](Cc1ccc(C(=O)O)cc1)C1CNCCN1. The molecule has 2 rings (SSSR count). The fraction of sp³-hybridized carbons (Fsp3) is 0.562. The van der Waals surface area contributed by atoms with Gasteiger partial charge < -0.3 is 15.7 Å². The molecule has 1 heterocycles. The highest BCUT2D eigenvalue weighted by atomic mass is 16.4. The van der Waals surface area contributed by atoms with E-state index in [0.717, 1.165) is 26.1 Å². The van der Waals surface area contributed by atoms with E-state index in [9.17, 15) is 4.79 Å². The van der Waals surface area contributed by atoms with Gasteiger partial charge in [-0.25, -0.2) is 4.79 Å². The zero-order valence-electron chi connectivity index (χ0n) is 12.2. The van der Waals surface area contributed by atoms with Crippen molar-refractivity contribution >= 4 is 5.97 Å². The first-order valence-electron chi connectivity index (χ1n) is 7.34. The van der Waals surface area contributed by atoms with Crippen molar-refractivity contribution in [1.82, 2.24) is 10.6 Å². The predicted octanol–water partition coefficient (Wildman–Crippen LogP) is 1.76. The standard InChI is InChI=1S/C16H24N2O2/c1-11(2)14(15-10-17-7-8-18-15)9-12-3-5-13(6-4-12)16(19)20/h3-6,11,14-15,17-18H,7-10H2,1-2H3,(H,19,20)/t14-,15?/m0/s1. The molecule has 1 aromatic carbocycles. The maximum atomic E-state index is 10.9. The van der Waals surface area contributed by atoms with Crippen LogP contribution < -0.4 is 10.6 Å². The lowest BCUT2D eigenvalue weighted by atomic mass is 9.82. The van der Waals surface area contributed by atoms with Gasteiger partial charge >= 0.3 is 5.97 Å². The number of nitrogens with one attached hydrogen (secondary N) is 2. The van der Waals surface area contributed by atoms with E-state index < -0.39 is 5.97 Å². The van der Waals surface area contributed by atoms with Crippen molar-refractivity contribution < 1.29 is 9.90 Å². The van der Waals surface area contributed by atoms with E-state index in [-0.39, 0.29) is 0 Å². The molecule has 0 amide bonds. The van der Waals surface area contributed by atoms with Crippen LogP contribution >= 0.6 is 0 Å². The molecule has 1 aliphatic heterocycles. The molecule has 1 aliphatic rings. The smallest absolute Gasteiger partial charge is 0.335 e. The van der Waals surface area contributed by atoms with Crippen LogP contribution in [0.5, 0.6) is 0 Å². The quantitative estimate of drug-likeness (QED) is 0.767. The number of benzene rings is 1. The Kier molecular flexibility index (Phi) is 5.15. The lowest BCUT2D eigenvalue weighted by Crippen LogP contribution is -2.53. The Morgan fingerprint density at radius 2 is 2.00 bits per heavy atom. The van der Waals surface area contributed by atoms with Gasteiger partial charge in [0, 0.05) is 25.7 Å². The summed E-state index contributed by atoms with van der Waals surface area (Å²) >= 11 is 0. The number of hydrogen-bond acceptors (Lipinski definition) is 3. The molecule has 4 heteroatoms. The van der Waals surface area contributed by atoms with Gasteiger partial charge in [-0.1, -0.05) is 26.0 Å². The van der Waals surface area contributed by atoms with Crippen molar-refractivity contribution in [3.63, 3.8) is 0 Å². The van der Waals surface area contributed by atoms with E-state index in [0.29, 0.717) is 23.4 Å². The maximum Gasteiger partial charge on any atom is 0.335 e. The van der Waals surface area contributed by atoms with Crippen LogP contribution in [0, 0.1) is 11.8 Å². The minimum atomic E-state index is -0.866. The van der Waals surface area contributed by atoms with Gasteiger partial charge in [-0.15, -0.1) is 0 Å². The highest BCUT2D eigenvalue weighted by Gasteiger charge is 2.25. The molecule has 0 radical (unpaired) electrons. The van der Waals surface area contributed by atoms with Crippen molar-refractivity contribution in [3.05, 3.63) is 35.4 Å². The normalized spacial score (nSPS) is 20.9. The molecule has 4 nitrogen and oxygen atoms in total. The van der Waals surface area contributed by atoms with E-state index in [1.165, 1.54) is 5.56 Å². The second kappa shape index (κ2) is 6.86. The summed E-state index contributed by atoms with van der Waals surface area (Å²) in [5.74, 6) is 0.278. The van der Waals surface area contributed by atoms with Gasteiger partial charge in [0.15, 0.2) is 0 Å². The Morgan fingerprint density at radius 3 is 2.50 bits per heavy atom. The monoisotopic (exact) mass is 276 g/mol. The molecule has 1 saturated heterocycles. The summed E-state index contributed by atoms with van der Waals surface area (Å²) in [7, 11) is 0. The van der Waals surface area contributed by atoms with Crippen LogP contribution in [0.25, 0.3) is 0 Å². The summed E-state index contributed by atoms with van der Waals surface area (Å²) in [6, 6.07) is 7.76. The van der Waals surface area contributed by atoms with Crippen LogP contribution in [0.3, 0.4) is 0 Å². The number of aromatic carboxylic acids is 1. The molecular formula is C16H24N2O2. The minimum Gasteiger partial charge on any atom is -0.478 e. The lowest BCUT2D eigenvalue weighted by molar-refractivity contribution is 0.0697. The minimum absolute atomic E-state index is 0.354. The molecule has 2 atom stereocenters. The molecule has 20 heavy (non-hydrogen) atoms. The van der Waals surface area contributed by atoms with Crippen molar-refractivity contribution in [2.75, 3.05) is 19.6 Å². The van der Waals surface area contributed by atoms with E-state index in [4.69, 9.17) is 5.11 Å². The third-order valence-electron chi connectivity index (χ3n) is 4.12. The van der Waals surface area contributed by atoms with Gasteiger partial charge in [-0.05, 0) is 36.0 Å². The first-order chi connectivity index (χ1) is 9.58. The second-order valence-electron chi connectivity index (χ2n) is 5.88. The summed E-state index contributed by atoms with van der Waals surface area (Å²) in [4.78, 5) is 10.9. The molecule has 1 aromatic rings. The van der Waals surface area contributed by atoms with Crippen molar-refractivity contribution in [2.24, 2.45) is 11.8 Å². The fourth-order valence-electron chi connectivity index (χ4n) is 2.88. The third-order valence-corrected chi connectivity index (χ3v) is 4.12. The molecular weight excluding hydrogens is 252 g/mol. The average molecular weight is 276 g/mol. The van der Waals surface area contributed by atoms with Gasteiger partial charge in [0.05, 0.1) is 5.56 Å². The van der Waals surface area contributed by atoms with E-state index in [2.05, 4.69) is 24.5 Å². The largest absolute Gasteiger partial charge is 0.478 e. The van der Waals surface area contributed by atoms with Crippen LogP contribution in [-0.2, 0) is 6.42 Å². The van der Waals surface area contributed by atoms with Gasteiger partial charge in [0.25, 0.3) is 0 Å². The number of piperazine rings is 1. The highest BCUT2D eigenvalue weighted by Crippen LogP contribution is 2.22. The zero-order valence-corrected chi connectivity index (χ0v) is 12.2. The van der Waals surface area contributed by atoms with Gasteiger partial charge in [-0.2, -0.15) is 0 Å². The number of carboxylic acid groups (broad SMARTS) is 1. The van der Waals surface area contributed by atoms with Crippen LogP contribution in [0.1, 0.15) is 29.8 Å². The topological polar surface area (TPSA) is 61.4 Å². The van der Waals surface area contributed by atoms with E-state index >= 15 is 0 Å². The first-order valence-corrected chi connectivity index (χ1v) is 7.34. The van der Waals surface area contributed by atoms with Crippen LogP contribution in [0.4, 0.5) is 0 Å². The molecule has 110 valence electrons. The molecule has 0 saturated carbocycles. The Morgan fingerprint density at radius 1 is 1.30 bits per heavy atom. The van der Waals surface area contributed by atoms with Gasteiger partial charge in [0.1, 0.15) is 0 Å². The van der Waals surface area contributed by atoms with E-state index in [1.54, 1.807) is 12.1 Å². The highest BCUT2D eigenvalue weighted by molar-refractivity contribution is 5.87. The summed E-state index contributed by atoms with van der Waals surface area (Å²) in [5.41, 5.74) is 1.56. The van der Waals surface area contributed by atoms with E-state index in [1.807, 2.05) is 12.1 Å². The Balaban J connectivity index is 2.05. The van der Waals surface area contributed by atoms with Gasteiger partial charge in [0.2, 0.25) is 0 Å². The number of carbonyl (C=O) groups is 1. The summed E-state index contributed by atoms with van der Waals surface area (Å²) in [6.45, 7) is 7.58. The van der Waals surface area contributed by atoms with Crippen LogP contribution in [0.15, 0.2) is 24.3 Å². The Bertz CT molecular complexity index is 436.